The maximum atomic E-state index is 12.5. The smallest absolute Gasteiger partial charge is 0.303 e. The average Bonchev–Trinajstić information content (AvgIpc) is 3.12. The van der Waals surface area contributed by atoms with Gasteiger partial charge in [-0.25, -0.2) is 0 Å². The van der Waals surface area contributed by atoms with Gasteiger partial charge in [-0.2, -0.15) is 0 Å². The van der Waals surface area contributed by atoms with E-state index in [2.05, 4.69) is 21.3 Å². The molecule has 56 heavy (non-hydrogen) atoms. The second-order valence-electron chi connectivity index (χ2n) is 13.0. The van der Waals surface area contributed by atoms with Gasteiger partial charge in [-0.05, 0) is 33.1 Å². The Morgan fingerprint density at radius 2 is 1.09 bits per heavy atom. The Bertz CT molecular complexity index is 1220. The molecule has 5 unspecified atom stereocenters. The van der Waals surface area contributed by atoms with E-state index in [0.717, 1.165) is 13.8 Å². The van der Waals surface area contributed by atoms with E-state index in [1.165, 1.54) is 13.8 Å². The van der Waals surface area contributed by atoms with Crippen LogP contribution in [0.15, 0.2) is 0 Å². The first kappa shape index (κ1) is 50.1. The third kappa shape index (κ3) is 22.6. The molecule has 0 aromatic heterocycles. The van der Waals surface area contributed by atoms with Crippen molar-refractivity contribution in [3.8, 4) is 0 Å². The zero-order valence-electron chi connectivity index (χ0n) is 33.6. The van der Waals surface area contributed by atoms with Gasteiger partial charge < -0.3 is 64.9 Å². The fourth-order valence-corrected chi connectivity index (χ4v) is 5.58. The number of nitrogens with two attached hydrogens (primary N) is 1. The van der Waals surface area contributed by atoms with Crippen LogP contribution in [0.2, 0.25) is 0 Å². The number of nitrogens with one attached hydrogen (secondary N) is 4. The lowest BCUT2D eigenvalue weighted by Gasteiger charge is -2.44. The summed E-state index contributed by atoms with van der Waals surface area (Å²) < 4.78 is 44.2. The highest BCUT2D eigenvalue weighted by Gasteiger charge is 2.51. The molecule has 20 heteroatoms. The van der Waals surface area contributed by atoms with Crippen LogP contribution in [0.4, 0.5) is 0 Å². The molecule has 0 aromatic rings. The van der Waals surface area contributed by atoms with Gasteiger partial charge in [-0.3, -0.25) is 33.6 Å². The first-order valence-electron chi connectivity index (χ1n) is 18.9. The van der Waals surface area contributed by atoms with E-state index in [1.807, 2.05) is 13.8 Å². The van der Waals surface area contributed by atoms with Crippen LogP contribution >= 0.6 is 0 Å². The van der Waals surface area contributed by atoms with Gasteiger partial charge in [-0.1, -0.05) is 0 Å². The summed E-state index contributed by atoms with van der Waals surface area (Å²) in [7, 11) is 0. The summed E-state index contributed by atoms with van der Waals surface area (Å²) in [6.45, 7) is 10.7. The fourth-order valence-electron chi connectivity index (χ4n) is 5.58. The SMILES string of the molecule is CCNC(=O)CCC(N)(CCC(=O)NCC)CCC(=O)NCCOCCOCCOCCOC1OC(COC(C)=O)C(OC(C)=O)C(OC(C)=O)C1NC(C)=O. The fraction of sp³-hybridized carbons (Fsp3) is 0.806. The minimum Gasteiger partial charge on any atom is -0.463 e. The largest absolute Gasteiger partial charge is 0.463 e. The Labute approximate surface area is 328 Å². The van der Waals surface area contributed by atoms with Gasteiger partial charge in [0, 0.05) is 72.1 Å². The molecule has 1 fully saturated rings. The molecule has 20 nitrogen and oxygen atoms in total. The number of ether oxygens (including phenoxy) is 8. The number of esters is 3. The van der Waals surface area contributed by atoms with Crippen molar-refractivity contribution in [2.45, 2.75) is 116 Å². The monoisotopic (exact) mass is 805 g/mol. The van der Waals surface area contributed by atoms with E-state index in [1.54, 1.807) is 0 Å². The second-order valence-corrected chi connectivity index (χ2v) is 13.0. The van der Waals surface area contributed by atoms with Gasteiger partial charge in [0.1, 0.15) is 18.8 Å². The van der Waals surface area contributed by atoms with Crippen molar-refractivity contribution in [1.82, 2.24) is 21.3 Å². The molecular formula is C36H63N5O15. The van der Waals surface area contributed by atoms with E-state index >= 15 is 0 Å². The van der Waals surface area contributed by atoms with Crippen molar-refractivity contribution in [2.75, 3.05) is 72.5 Å². The minimum absolute atomic E-state index is 0.0145. The number of carbonyl (C=O) groups excluding carboxylic acids is 7. The highest BCUT2D eigenvalue weighted by atomic mass is 16.7. The molecule has 1 aliphatic rings. The summed E-state index contributed by atoms with van der Waals surface area (Å²) in [5, 5.41) is 10.9. The van der Waals surface area contributed by atoms with Crippen LogP contribution < -0.4 is 27.0 Å². The van der Waals surface area contributed by atoms with Crippen LogP contribution in [0.5, 0.6) is 0 Å². The molecule has 4 amide bonds. The van der Waals surface area contributed by atoms with Gasteiger partial charge in [0.25, 0.3) is 0 Å². The number of hydrogen-bond acceptors (Lipinski definition) is 16. The van der Waals surface area contributed by atoms with Crippen molar-refractivity contribution < 1.29 is 71.5 Å². The molecule has 322 valence electrons. The van der Waals surface area contributed by atoms with E-state index < -0.39 is 60.0 Å². The van der Waals surface area contributed by atoms with Crippen molar-refractivity contribution in [3.05, 3.63) is 0 Å². The lowest BCUT2D eigenvalue weighted by molar-refractivity contribution is -0.279. The summed E-state index contributed by atoms with van der Waals surface area (Å²) >= 11 is 0. The summed E-state index contributed by atoms with van der Waals surface area (Å²) in [6.07, 6.45) is -3.15. The van der Waals surface area contributed by atoms with Crippen molar-refractivity contribution >= 4 is 41.5 Å². The Morgan fingerprint density at radius 3 is 1.55 bits per heavy atom. The first-order chi connectivity index (χ1) is 26.6. The standard InChI is InChI=1S/C36H63N5O15/c1-7-38-29(46)9-12-36(37,13-10-30(47)39-8-2)14-11-31(48)40-15-16-49-17-18-50-19-20-51-21-22-52-35-32(41-24(3)42)34(55-27(6)45)33(54-26(5)44)28(56-35)23-53-25(4)43/h28,32-35H,7-23,37H2,1-6H3,(H,38,46)(H,39,47)(H,40,48)(H,41,42). The topological polar surface area (TPSA) is 267 Å². The van der Waals surface area contributed by atoms with Crippen LogP contribution in [0, 0.1) is 0 Å². The Balaban J connectivity index is 2.41. The molecule has 0 aromatic carbocycles. The quantitative estimate of drug-likeness (QED) is 0.0350. The molecule has 1 heterocycles. The van der Waals surface area contributed by atoms with Gasteiger partial charge in [0.15, 0.2) is 18.5 Å². The summed E-state index contributed by atoms with van der Waals surface area (Å²) in [4.78, 5) is 83.8. The van der Waals surface area contributed by atoms with Gasteiger partial charge in [0.2, 0.25) is 23.6 Å². The summed E-state index contributed by atoms with van der Waals surface area (Å²) in [6, 6.07) is -1.08. The molecule has 5 atom stereocenters. The van der Waals surface area contributed by atoms with Gasteiger partial charge >= 0.3 is 17.9 Å². The van der Waals surface area contributed by atoms with Crippen LogP contribution in [0.3, 0.4) is 0 Å². The third-order valence-corrected chi connectivity index (χ3v) is 8.19. The van der Waals surface area contributed by atoms with Gasteiger partial charge in [0.05, 0.1) is 46.2 Å². The molecule has 1 aliphatic heterocycles. The maximum absolute atomic E-state index is 12.5. The maximum Gasteiger partial charge on any atom is 0.303 e. The van der Waals surface area contributed by atoms with Crippen molar-refractivity contribution in [2.24, 2.45) is 5.73 Å². The van der Waals surface area contributed by atoms with E-state index in [4.69, 9.17) is 43.6 Å². The second kappa shape index (κ2) is 28.4. The molecule has 0 bridgehead atoms. The lowest BCUT2D eigenvalue weighted by Crippen LogP contribution is -2.66. The number of hydrogen-bond donors (Lipinski definition) is 5. The molecule has 0 saturated carbocycles. The third-order valence-electron chi connectivity index (χ3n) is 8.19. The van der Waals surface area contributed by atoms with Crippen molar-refractivity contribution in [1.29, 1.82) is 0 Å². The van der Waals surface area contributed by atoms with E-state index in [-0.39, 0.29) is 96.4 Å². The Morgan fingerprint density at radius 1 is 0.625 bits per heavy atom. The summed E-state index contributed by atoms with van der Waals surface area (Å²) in [5.74, 6) is -3.00. The van der Waals surface area contributed by atoms with Crippen LogP contribution in [0.25, 0.3) is 0 Å². The van der Waals surface area contributed by atoms with Crippen LogP contribution in [0.1, 0.15) is 80.1 Å². The normalized spacial score (nSPS) is 19.3. The molecule has 1 rings (SSSR count). The number of rotatable bonds is 29. The predicted molar refractivity (Wildman–Crippen MR) is 197 cm³/mol. The molecule has 1 saturated heterocycles. The highest BCUT2D eigenvalue weighted by Crippen LogP contribution is 2.28. The average molecular weight is 806 g/mol. The van der Waals surface area contributed by atoms with E-state index in [0.29, 0.717) is 32.4 Å². The minimum atomic E-state index is -1.22. The summed E-state index contributed by atoms with van der Waals surface area (Å²) in [5.41, 5.74) is 5.72. The predicted octanol–water partition coefficient (Wildman–Crippen LogP) is -0.865. The Kier molecular flexibility index (Phi) is 25.4. The van der Waals surface area contributed by atoms with Crippen molar-refractivity contribution in [3.63, 3.8) is 0 Å². The number of carbonyl (C=O) groups is 7. The first-order valence-corrected chi connectivity index (χ1v) is 18.9. The van der Waals surface area contributed by atoms with Crippen LogP contribution in [-0.2, 0) is 71.5 Å². The number of amides is 4. The zero-order chi connectivity index (χ0) is 41.9. The van der Waals surface area contributed by atoms with E-state index in [9.17, 15) is 33.6 Å². The molecule has 0 aliphatic carbocycles. The Hall–Kier alpha value is -3.95. The molecule has 0 spiro atoms. The molecule has 6 N–H and O–H groups in total. The lowest BCUT2D eigenvalue weighted by atomic mass is 9.84. The molecular weight excluding hydrogens is 742 g/mol. The highest BCUT2D eigenvalue weighted by molar-refractivity contribution is 5.77. The zero-order valence-corrected chi connectivity index (χ0v) is 33.6. The van der Waals surface area contributed by atoms with Gasteiger partial charge in [-0.15, -0.1) is 0 Å². The molecule has 0 radical (unpaired) electrons. The van der Waals surface area contributed by atoms with Crippen LogP contribution in [-0.4, -0.2) is 150 Å².